The molecule has 0 aromatic heterocycles. The van der Waals surface area contributed by atoms with Gasteiger partial charge in [-0.1, -0.05) is 54.6 Å². The van der Waals surface area contributed by atoms with Crippen molar-refractivity contribution in [3.05, 3.63) is 77.9 Å². The Bertz CT molecular complexity index is 1390. The number of hydrogen-bond acceptors (Lipinski definition) is 5. The molecule has 3 aromatic rings. The lowest BCUT2D eigenvalue weighted by molar-refractivity contribution is -0.117. The second-order valence-corrected chi connectivity index (χ2v) is 11.4. The summed E-state index contributed by atoms with van der Waals surface area (Å²) in [4.78, 5) is 15.4. The lowest BCUT2D eigenvalue weighted by Crippen LogP contribution is -2.42. The van der Waals surface area contributed by atoms with Gasteiger partial charge in [0.1, 0.15) is 5.75 Å². The van der Waals surface area contributed by atoms with Gasteiger partial charge in [0.25, 0.3) is 0 Å². The van der Waals surface area contributed by atoms with Gasteiger partial charge in [0.05, 0.1) is 11.5 Å². The highest BCUT2D eigenvalue weighted by Crippen LogP contribution is 2.26. The van der Waals surface area contributed by atoms with E-state index in [-0.39, 0.29) is 5.91 Å². The fourth-order valence-electron chi connectivity index (χ4n) is 5.05. The van der Waals surface area contributed by atoms with Crippen molar-refractivity contribution in [1.82, 2.24) is 14.9 Å². The molecule has 7 nitrogen and oxygen atoms in total. The van der Waals surface area contributed by atoms with Crippen molar-refractivity contribution in [3.8, 4) is 5.75 Å². The highest BCUT2D eigenvalue weighted by Gasteiger charge is 2.22. The van der Waals surface area contributed by atoms with E-state index in [4.69, 9.17) is 4.74 Å². The number of carbonyl (C=O) groups is 1. The monoisotopic (exact) mass is 519 g/mol. The smallest absolute Gasteiger partial charge is 0.247 e. The van der Waals surface area contributed by atoms with Crippen LogP contribution in [-0.4, -0.2) is 58.6 Å². The van der Waals surface area contributed by atoms with Crippen LogP contribution in [0.3, 0.4) is 0 Å². The lowest BCUT2D eigenvalue weighted by Gasteiger charge is -2.32. The van der Waals surface area contributed by atoms with E-state index in [1.54, 1.807) is 12.1 Å². The Balaban J connectivity index is 1.06. The summed E-state index contributed by atoms with van der Waals surface area (Å²) in [5.41, 5.74) is 1.69. The molecule has 194 valence electrons. The van der Waals surface area contributed by atoms with Crippen LogP contribution in [0.4, 0.5) is 0 Å². The number of benzene rings is 3. The number of rotatable bonds is 8. The van der Waals surface area contributed by atoms with Crippen LogP contribution in [0.2, 0.25) is 0 Å². The summed E-state index contributed by atoms with van der Waals surface area (Å²) in [6.45, 7) is 3.96. The Labute approximate surface area is 218 Å². The van der Waals surface area contributed by atoms with E-state index in [1.165, 1.54) is 0 Å². The SMILES string of the molecule is O=C(NCC1CCN(CCNS(=O)(=O)c2cccc3ccccc23)CC1)C1=Cc2ccccc2OCC1. The maximum absolute atomic E-state index is 12.9. The summed E-state index contributed by atoms with van der Waals surface area (Å²) in [5.74, 6) is 1.21. The van der Waals surface area contributed by atoms with Crippen LogP contribution in [0.5, 0.6) is 5.75 Å². The predicted octanol–water partition coefficient (Wildman–Crippen LogP) is 3.81. The number of para-hydroxylation sites is 1. The number of sulfonamides is 1. The summed E-state index contributed by atoms with van der Waals surface area (Å²) in [5, 5.41) is 4.76. The molecule has 37 heavy (non-hydrogen) atoms. The van der Waals surface area contributed by atoms with Crippen LogP contribution in [-0.2, 0) is 14.8 Å². The number of nitrogens with one attached hydrogen (secondary N) is 2. The molecule has 1 saturated heterocycles. The van der Waals surface area contributed by atoms with Gasteiger partial charge in [0.15, 0.2) is 0 Å². The number of piperidine rings is 1. The minimum atomic E-state index is -3.59. The first-order chi connectivity index (χ1) is 18.0. The summed E-state index contributed by atoms with van der Waals surface area (Å²) >= 11 is 0. The first-order valence-electron chi connectivity index (χ1n) is 12.9. The number of fused-ring (bicyclic) bond motifs is 2. The second kappa shape index (κ2) is 11.5. The molecule has 5 rings (SSSR count). The molecule has 2 aliphatic rings. The number of nitrogens with zero attached hydrogens (tertiary/aromatic N) is 1. The third-order valence-electron chi connectivity index (χ3n) is 7.19. The second-order valence-electron chi connectivity index (χ2n) is 9.68. The lowest BCUT2D eigenvalue weighted by atomic mass is 9.96. The van der Waals surface area contributed by atoms with Crippen LogP contribution < -0.4 is 14.8 Å². The molecule has 2 heterocycles. The average molecular weight is 520 g/mol. The minimum absolute atomic E-state index is 0.0226. The van der Waals surface area contributed by atoms with Gasteiger partial charge in [-0.05, 0) is 55.4 Å². The van der Waals surface area contributed by atoms with Crippen molar-refractivity contribution >= 4 is 32.8 Å². The molecule has 3 aromatic carbocycles. The molecular weight excluding hydrogens is 486 g/mol. The van der Waals surface area contributed by atoms with E-state index in [0.29, 0.717) is 43.5 Å². The van der Waals surface area contributed by atoms with Crippen LogP contribution in [0.15, 0.2) is 77.2 Å². The topological polar surface area (TPSA) is 87.7 Å². The van der Waals surface area contributed by atoms with Gasteiger partial charge in [-0.15, -0.1) is 0 Å². The largest absolute Gasteiger partial charge is 0.493 e. The summed E-state index contributed by atoms with van der Waals surface area (Å²) < 4.78 is 34.4. The van der Waals surface area contributed by atoms with E-state index < -0.39 is 10.0 Å². The van der Waals surface area contributed by atoms with Crippen molar-refractivity contribution < 1.29 is 17.9 Å². The minimum Gasteiger partial charge on any atom is -0.493 e. The summed E-state index contributed by atoms with van der Waals surface area (Å²) in [6.07, 6.45) is 4.47. The molecule has 2 aliphatic heterocycles. The molecule has 0 saturated carbocycles. The van der Waals surface area contributed by atoms with Gasteiger partial charge in [0.2, 0.25) is 15.9 Å². The van der Waals surface area contributed by atoms with E-state index in [9.17, 15) is 13.2 Å². The van der Waals surface area contributed by atoms with Crippen molar-refractivity contribution in [2.45, 2.75) is 24.2 Å². The first-order valence-corrected chi connectivity index (χ1v) is 14.4. The van der Waals surface area contributed by atoms with Gasteiger partial charge in [-0.3, -0.25) is 4.79 Å². The third-order valence-corrected chi connectivity index (χ3v) is 8.71. The summed E-state index contributed by atoms with van der Waals surface area (Å²) in [6, 6.07) is 20.6. The van der Waals surface area contributed by atoms with Gasteiger partial charge in [0, 0.05) is 42.6 Å². The fourth-order valence-corrected chi connectivity index (χ4v) is 6.30. The molecule has 2 N–H and O–H groups in total. The van der Waals surface area contributed by atoms with Crippen LogP contribution >= 0.6 is 0 Å². The average Bonchev–Trinajstić information content (AvgIpc) is 3.15. The zero-order valence-electron chi connectivity index (χ0n) is 20.9. The number of hydrogen-bond donors (Lipinski definition) is 2. The summed E-state index contributed by atoms with van der Waals surface area (Å²) in [7, 11) is -3.59. The third kappa shape index (κ3) is 6.21. The normalized spacial score (nSPS) is 16.9. The highest BCUT2D eigenvalue weighted by atomic mass is 32.2. The molecule has 8 heteroatoms. The molecule has 0 atom stereocenters. The van der Waals surface area contributed by atoms with E-state index in [2.05, 4.69) is 14.9 Å². The van der Waals surface area contributed by atoms with Crippen LogP contribution in [0, 0.1) is 5.92 Å². The van der Waals surface area contributed by atoms with Crippen LogP contribution in [0.25, 0.3) is 16.8 Å². The Morgan fingerprint density at radius 3 is 2.59 bits per heavy atom. The maximum atomic E-state index is 12.9. The zero-order valence-corrected chi connectivity index (χ0v) is 21.7. The number of carbonyl (C=O) groups excluding carboxylic acids is 1. The van der Waals surface area contributed by atoms with Crippen LogP contribution in [0.1, 0.15) is 24.8 Å². The molecule has 0 unspecified atom stereocenters. The van der Waals surface area contributed by atoms with Gasteiger partial charge in [-0.25, -0.2) is 13.1 Å². The molecule has 0 radical (unpaired) electrons. The molecule has 0 bridgehead atoms. The maximum Gasteiger partial charge on any atom is 0.247 e. The molecule has 1 amide bonds. The number of ether oxygens (including phenoxy) is 1. The quantitative estimate of drug-likeness (QED) is 0.473. The van der Waals surface area contributed by atoms with Gasteiger partial charge >= 0.3 is 0 Å². The van der Waals surface area contributed by atoms with E-state index in [0.717, 1.165) is 53.6 Å². The molecule has 1 fully saturated rings. The number of amides is 1. The van der Waals surface area contributed by atoms with Crippen molar-refractivity contribution in [2.75, 3.05) is 39.3 Å². The first kappa shape index (κ1) is 25.4. The van der Waals surface area contributed by atoms with E-state index >= 15 is 0 Å². The van der Waals surface area contributed by atoms with Crippen molar-refractivity contribution in [2.24, 2.45) is 5.92 Å². The van der Waals surface area contributed by atoms with Crippen molar-refractivity contribution in [1.29, 1.82) is 0 Å². The molecule has 0 aliphatic carbocycles. The zero-order chi connectivity index (χ0) is 25.7. The van der Waals surface area contributed by atoms with Gasteiger partial charge < -0.3 is 15.0 Å². The van der Waals surface area contributed by atoms with Crippen molar-refractivity contribution in [3.63, 3.8) is 0 Å². The number of likely N-dealkylation sites (tertiary alicyclic amines) is 1. The highest BCUT2D eigenvalue weighted by molar-refractivity contribution is 7.89. The Morgan fingerprint density at radius 2 is 1.73 bits per heavy atom. The molecule has 0 spiro atoms. The Kier molecular flexibility index (Phi) is 7.88. The Hall–Kier alpha value is -3.20. The predicted molar refractivity (Wildman–Crippen MR) is 146 cm³/mol. The fraction of sp³-hybridized carbons (Fsp3) is 0.345. The van der Waals surface area contributed by atoms with Gasteiger partial charge in [-0.2, -0.15) is 0 Å². The Morgan fingerprint density at radius 1 is 0.973 bits per heavy atom. The van der Waals surface area contributed by atoms with E-state index in [1.807, 2.05) is 60.7 Å². The molecular formula is C29H33N3O4S. The standard InChI is InChI=1S/C29H33N3O4S/c33-29(25-14-19-36-27-10-4-2-7-24(27)20-25)30-21-22-12-16-32(17-13-22)18-15-31-37(34,35)28-11-5-8-23-6-1-3-9-26(23)28/h1-11,20,22,31H,12-19,21H2,(H,30,33).